The molecule has 1 N–H and O–H groups in total. The highest BCUT2D eigenvalue weighted by Gasteiger charge is 2.28. The molecule has 1 aromatic rings. The molecule has 0 radical (unpaired) electrons. The number of benzene rings is 1. The minimum atomic E-state index is 0.564. The molecule has 0 atom stereocenters. The fourth-order valence-corrected chi connectivity index (χ4v) is 3.87. The molecule has 1 fully saturated rings. The van der Waals surface area contributed by atoms with Gasteiger partial charge in [-0.2, -0.15) is 0 Å². The van der Waals surface area contributed by atoms with Gasteiger partial charge in [-0.3, -0.25) is 4.90 Å². The number of nitrogens with zero attached hydrogens (tertiary/aromatic N) is 1. The van der Waals surface area contributed by atoms with Crippen LogP contribution in [0.2, 0.25) is 0 Å². The monoisotopic (exact) mass is 286 g/mol. The van der Waals surface area contributed by atoms with Crippen molar-refractivity contribution in [3.8, 4) is 0 Å². The molecule has 0 unspecified atom stereocenters. The Labute approximate surface area is 129 Å². The van der Waals surface area contributed by atoms with E-state index in [-0.39, 0.29) is 0 Å². The van der Waals surface area contributed by atoms with Gasteiger partial charge in [0.25, 0.3) is 0 Å². The zero-order valence-electron chi connectivity index (χ0n) is 13.9. The first-order valence-corrected chi connectivity index (χ1v) is 8.55. The summed E-state index contributed by atoms with van der Waals surface area (Å²) >= 11 is 0. The van der Waals surface area contributed by atoms with E-state index in [2.05, 4.69) is 49.3 Å². The maximum absolute atomic E-state index is 3.48. The summed E-state index contributed by atoms with van der Waals surface area (Å²) in [6.45, 7) is 8.10. The number of nitrogens with one attached hydrogen (secondary N) is 1. The third-order valence-corrected chi connectivity index (χ3v) is 5.52. The lowest BCUT2D eigenvalue weighted by molar-refractivity contribution is 0.123. The number of hydrogen-bond acceptors (Lipinski definition) is 2. The lowest BCUT2D eigenvalue weighted by Gasteiger charge is -2.38. The average Bonchev–Trinajstić information content (AvgIpc) is 2.47. The van der Waals surface area contributed by atoms with Gasteiger partial charge in [0.1, 0.15) is 0 Å². The van der Waals surface area contributed by atoms with Gasteiger partial charge in [0.05, 0.1) is 0 Å². The van der Waals surface area contributed by atoms with Crippen LogP contribution in [0.15, 0.2) is 18.2 Å². The van der Waals surface area contributed by atoms with Gasteiger partial charge >= 0.3 is 0 Å². The molecule has 21 heavy (non-hydrogen) atoms. The van der Waals surface area contributed by atoms with E-state index < -0.39 is 0 Å². The summed E-state index contributed by atoms with van der Waals surface area (Å²) in [6, 6.07) is 7.88. The Kier molecular flexibility index (Phi) is 4.37. The fourth-order valence-electron chi connectivity index (χ4n) is 3.87. The van der Waals surface area contributed by atoms with Gasteiger partial charge in [-0.05, 0) is 67.8 Å². The molecule has 0 spiro atoms. The van der Waals surface area contributed by atoms with Crippen molar-refractivity contribution >= 4 is 0 Å². The van der Waals surface area contributed by atoms with Crippen molar-refractivity contribution in [2.24, 2.45) is 5.41 Å². The molecule has 1 aliphatic heterocycles. The summed E-state index contributed by atoms with van der Waals surface area (Å²) in [5.74, 6) is 0. The van der Waals surface area contributed by atoms with Crippen LogP contribution in [0.5, 0.6) is 0 Å². The second-order valence-electron chi connectivity index (χ2n) is 7.84. The van der Waals surface area contributed by atoms with E-state index in [1.54, 1.807) is 5.56 Å². The zero-order chi connectivity index (χ0) is 14.9. The summed E-state index contributed by atoms with van der Waals surface area (Å²) in [5.41, 5.74) is 5.09. The molecule has 0 amide bonds. The number of rotatable bonds is 3. The predicted molar refractivity (Wildman–Crippen MR) is 89.4 cm³/mol. The van der Waals surface area contributed by atoms with Crippen LogP contribution >= 0.6 is 0 Å². The van der Waals surface area contributed by atoms with Crippen molar-refractivity contribution in [2.45, 2.75) is 65.1 Å². The van der Waals surface area contributed by atoms with Crippen molar-refractivity contribution in [3.05, 3.63) is 34.9 Å². The molecule has 2 nitrogen and oxygen atoms in total. The van der Waals surface area contributed by atoms with Gasteiger partial charge in [-0.25, -0.2) is 0 Å². The van der Waals surface area contributed by atoms with Crippen molar-refractivity contribution in [2.75, 3.05) is 13.6 Å². The summed E-state index contributed by atoms with van der Waals surface area (Å²) in [5, 5.41) is 3.48. The lowest BCUT2D eigenvalue weighted by Crippen LogP contribution is -2.36. The molecule has 1 aliphatic carbocycles. The minimum absolute atomic E-state index is 0.564. The normalized spacial score (nSPS) is 22.3. The van der Waals surface area contributed by atoms with Crippen LogP contribution in [0.3, 0.4) is 0 Å². The molecule has 116 valence electrons. The van der Waals surface area contributed by atoms with Gasteiger partial charge in [0.15, 0.2) is 0 Å². The molecule has 2 heteroatoms. The van der Waals surface area contributed by atoms with Crippen LogP contribution in [0.1, 0.15) is 56.2 Å². The Balaban J connectivity index is 1.61. The van der Waals surface area contributed by atoms with Crippen molar-refractivity contribution in [1.82, 2.24) is 10.2 Å². The third kappa shape index (κ3) is 3.67. The molecular formula is C19H30N2. The molecule has 3 rings (SSSR count). The first-order chi connectivity index (χ1) is 10.0. The van der Waals surface area contributed by atoms with E-state index in [9.17, 15) is 0 Å². The Bertz CT molecular complexity index is 482. The largest absolute Gasteiger partial charge is 0.312 e. The van der Waals surface area contributed by atoms with Crippen LogP contribution in [0.4, 0.5) is 0 Å². The van der Waals surface area contributed by atoms with E-state index in [0.717, 1.165) is 25.7 Å². The highest BCUT2D eigenvalue weighted by atomic mass is 15.1. The topological polar surface area (TPSA) is 15.3 Å². The molecule has 1 saturated carbocycles. The molecule has 2 aliphatic rings. The summed E-state index contributed by atoms with van der Waals surface area (Å²) in [4.78, 5) is 2.58. The van der Waals surface area contributed by atoms with E-state index in [4.69, 9.17) is 0 Å². The van der Waals surface area contributed by atoms with Gasteiger partial charge in [0.2, 0.25) is 0 Å². The van der Waals surface area contributed by atoms with E-state index >= 15 is 0 Å². The summed E-state index contributed by atoms with van der Waals surface area (Å²) in [7, 11) is 2.31. The predicted octanol–water partition coefficient (Wildman–Crippen LogP) is 3.73. The van der Waals surface area contributed by atoms with Crippen molar-refractivity contribution in [3.63, 3.8) is 0 Å². The highest BCUT2D eigenvalue weighted by Crippen LogP contribution is 2.36. The fraction of sp³-hybridized carbons (Fsp3) is 0.684. The third-order valence-electron chi connectivity index (χ3n) is 5.52. The second kappa shape index (κ2) is 6.10. The van der Waals surface area contributed by atoms with E-state index in [1.807, 2.05) is 0 Å². The summed E-state index contributed by atoms with van der Waals surface area (Å²) in [6.07, 6.45) is 6.64. The van der Waals surface area contributed by atoms with Crippen LogP contribution in [0.25, 0.3) is 0 Å². The van der Waals surface area contributed by atoms with Crippen LogP contribution < -0.4 is 5.32 Å². The SMILES string of the molecule is CN(Cc1ccc2c(c1)CNCC2)C1CCC(C)(C)CC1. The molecule has 1 aromatic carbocycles. The first-order valence-electron chi connectivity index (χ1n) is 8.55. The first kappa shape index (κ1) is 15.1. The Morgan fingerprint density at radius 3 is 2.71 bits per heavy atom. The van der Waals surface area contributed by atoms with Crippen LogP contribution in [-0.4, -0.2) is 24.5 Å². The number of fused-ring (bicyclic) bond motifs is 1. The molecule has 1 heterocycles. The molecular weight excluding hydrogens is 256 g/mol. The number of hydrogen-bond donors (Lipinski definition) is 1. The smallest absolute Gasteiger partial charge is 0.0233 e. The van der Waals surface area contributed by atoms with E-state index in [0.29, 0.717) is 5.41 Å². The standard InChI is InChI=1S/C19H30N2/c1-19(2)9-6-18(7-10-19)21(3)14-15-4-5-16-8-11-20-13-17(16)12-15/h4-5,12,18,20H,6-11,13-14H2,1-3H3. The molecule has 0 saturated heterocycles. The van der Waals surface area contributed by atoms with Gasteiger partial charge in [0, 0.05) is 19.1 Å². The highest BCUT2D eigenvalue weighted by molar-refractivity contribution is 5.33. The quantitative estimate of drug-likeness (QED) is 0.911. The van der Waals surface area contributed by atoms with Crippen LogP contribution in [-0.2, 0) is 19.5 Å². The van der Waals surface area contributed by atoms with Gasteiger partial charge in [-0.1, -0.05) is 32.0 Å². The Morgan fingerprint density at radius 1 is 1.19 bits per heavy atom. The summed E-state index contributed by atoms with van der Waals surface area (Å²) < 4.78 is 0. The van der Waals surface area contributed by atoms with Gasteiger partial charge < -0.3 is 5.32 Å². The average molecular weight is 286 g/mol. The lowest BCUT2D eigenvalue weighted by atomic mass is 9.75. The van der Waals surface area contributed by atoms with Crippen LogP contribution in [0, 0.1) is 5.41 Å². The maximum Gasteiger partial charge on any atom is 0.0233 e. The minimum Gasteiger partial charge on any atom is -0.312 e. The van der Waals surface area contributed by atoms with Gasteiger partial charge in [-0.15, -0.1) is 0 Å². The Hall–Kier alpha value is -0.860. The molecule has 0 bridgehead atoms. The Morgan fingerprint density at radius 2 is 1.95 bits per heavy atom. The van der Waals surface area contributed by atoms with Crippen molar-refractivity contribution in [1.29, 1.82) is 0 Å². The van der Waals surface area contributed by atoms with E-state index in [1.165, 1.54) is 43.2 Å². The zero-order valence-corrected chi connectivity index (χ0v) is 13.9. The molecule has 0 aromatic heterocycles. The van der Waals surface area contributed by atoms with Crippen molar-refractivity contribution < 1.29 is 0 Å². The second-order valence-corrected chi connectivity index (χ2v) is 7.84. The maximum atomic E-state index is 3.48.